The molecule has 0 bridgehead atoms. The van der Waals surface area contributed by atoms with E-state index in [-0.39, 0.29) is 5.91 Å². The minimum absolute atomic E-state index is 0.338. The summed E-state index contributed by atoms with van der Waals surface area (Å²) in [5, 5.41) is 14.8. The molecule has 0 aliphatic carbocycles. The molecular weight excluding hydrogens is 356 g/mol. The van der Waals surface area contributed by atoms with Crippen molar-refractivity contribution in [2.75, 3.05) is 17.7 Å². The highest BCUT2D eigenvalue weighted by molar-refractivity contribution is 6.05. The second-order valence-corrected chi connectivity index (χ2v) is 5.81. The summed E-state index contributed by atoms with van der Waals surface area (Å²) in [7, 11) is 1.30. The molecule has 0 saturated carbocycles. The molecule has 0 aliphatic heterocycles. The number of anilines is 3. The van der Waals surface area contributed by atoms with E-state index in [2.05, 4.69) is 26.4 Å². The Morgan fingerprint density at radius 2 is 1.71 bits per heavy atom. The second kappa shape index (κ2) is 8.47. The summed E-state index contributed by atoms with van der Waals surface area (Å²) in [6.45, 7) is 0. The Balaban J connectivity index is 1.75. The molecule has 0 radical (unpaired) electrons. The van der Waals surface area contributed by atoms with E-state index in [4.69, 9.17) is 5.26 Å². The maximum absolute atomic E-state index is 12.5. The number of pyridine rings is 1. The average Bonchev–Trinajstić information content (AvgIpc) is 2.73. The van der Waals surface area contributed by atoms with Crippen LogP contribution in [0.15, 0.2) is 67.0 Å². The number of nitriles is 1. The van der Waals surface area contributed by atoms with Crippen LogP contribution in [0.5, 0.6) is 0 Å². The number of hydrogen-bond donors (Lipinski definition) is 2. The molecule has 7 heteroatoms. The lowest BCUT2D eigenvalue weighted by Crippen LogP contribution is -2.13. The number of benzene rings is 2. The van der Waals surface area contributed by atoms with Gasteiger partial charge in [0.25, 0.3) is 5.91 Å². The highest BCUT2D eigenvalue weighted by Gasteiger charge is 2.10. The molecule has 1 aromatic heterocycles. The number of carbonyl (C=O) groups is 2. The Labute approximate surface area is 161 Å². The zero-order valence-corrected chi connectivity index (χ0v) is 15.0. The SMILES string of the molecule is COC(=O)c1cccc(NC(=O)c2cncc(Nc3cccc(C#N)c3)c2)c1. The summed E-state index contributed by atoms with van der Waals surface area (Å²) in [6, 6.07) is 17.2. The number of amides is 1. The Kier molecular flexibility index (Phi) is 5.63. The van der Waals surface area contributed by atoms with Gasteiger partial charge in [0.2, 0.25) is 0 Å². The lowest BCUT2D eigenvalue weighted by molar-refractivity contribution is 0.0600. The van der Waals surface area contributed by atoms with Crippen LogP contribution >= 0.6 is 0 Å². The molecule has 0 saturated heterocycles. The largest absolute Gasteiger partial charge is 0.465 e. The summed E-state index contributed by atoms with van der Waals surface area (Å²) in [5.41, 5.74) is 2.98. The van der Waals surface area contributed by atoms with Gasteiger partial charge in [0.05, 0.1) is 41.8 Å². The number of rotatable bonds is 5. The van der Waals surface area contributed by atoms with Crippen molar-refractivity contribution in [3.8, 4) is 6.07 Å². The summed E-state index contributed by atoms with van der Waals surface area (Å²) in [5.74, 6) is -0.854. The second-order valence-electron chi connectivity index (χ2n) is 5.81. The maximum atomic E-state index is 12.5. The maximum Gasteiger partial charge on any atom is 0.337 e. The zero-order chi connectivity index (χ0) is 19.9. The third-order valence-electron chi connectivity index (χ3n) is 3.82. The third kappa shape index (κ3) is 4.51. The fourth-order valence-electron chi connectivity index (χ4n) is 2.51. The van der Waals surface area contributed by atoms with E-state index in [0.717, 1.165) is 0 Å². The Bertz CT molecular complexity index is 1070. The minimum atomic E-state index is -0.483. The van der Waals surface area contributed by atoms with Gasteiger partial charge in [-0.2, -0.15) is 5.26 Å². The van der Waals surface area contributed by atoms with Crippen LogP contribution in [0.25, 0.3) is 0 Å². The van der Waals surface area contributed by atoms with E-state index in [9.17, 15) is 9.59 Å². The highest BCUT2D eigenvalue weighted by atomic mass is 16.5. The van der Waals surface area contributed by atoms with Crippen LogP contribution < -0.4 is 10.6 Å². The number of aromatic nitrogens is 1. The Morgan fingerprint density at radius 3 is 2.50 bits per heavy atom. The normalized spacial score (nSPS) is 9.86. The predicted molar refractivity (Wildman–Crippen MR) is 104 cm³/mol. The van der Waals surface area contributed by atoms with E-state index in [1.807, 2.05) is 6.07 Å². The van der Waals surface area contributed by atoms with Crippen LogP contribution in [0, 0.1) is 11.3 Å². The summed E-state index contributed by atoms with van der Waals surface area (Å²) in [6.07, 6.45) is 3.02. The molecule has 7 nitrogen and oxygen atoms in total. The molecule has 28 heavy (non-hydrogen) atoms. The number of hydrogen-bond acceptors (Lipinski definition) is 6. The Morgan fingerprint density at radius 1 is 0.964 bits per heavy atom. The van der Waals surface area contributed by atoms with Crippen molar-refractivity contribution in [2.45, 2.75) is 0 Å². The molecule has 3 rings (SSSR count). The van der Waals surface area contributed by atoms with Crippen molar-refractivity contribution in [3.63, 3.8) is 0 Å². The smallest absolute Gasteiger partial charge is 0.337 e. The summed E-state index contributed by atoms with van der Waals surface area (Å²) < 4.78 is 4.68. The summed E-state index contributed by atoms with van der Waals surface area (Å²) >= 11 is 0. The zero-order valence-electron chi connectivity index (χ0n) is 15.0. The van der Waals surface area contributed by atoms with Crippen molar-refractivity contribution in [1.29, 1.82) is 5.26 Å². The minimum Gasteiger partial charge on any atom is -0.465 e. The first kappa shape index (κ1) is 18.6. The third-order valence-corrected chi connectivity index (χ3v) is 3.82. The lowest BCUT2D eigenvalue weighted by Gasteiger charge is -2.09. The quantitative estimate of drug-likeness (QED) is 0.661. The van der Waals surface area contributed by atoms with Crippen LogP contribution in [0.4, 0.5) is 17.1 Å². The van der Waals surface area contributed by atoms with Gasteiger partial charge in [-0.1, -0.05) is 12.1 Å². The number of esters is 1. The summed E-state index contributed by atoms with van der Waals surface area (Å²) in [4.78, 5) is 28.2. The van der Waals surface area contributed by atoms with Crippen molar-refractivity contribution < 1.29 is 14.3 Å². The Hall–Kier alpha value is -4.18. The van der Waals surface area contributed by atoms with Gasteiger partial charge in [0, 0.05) is 17.6 Å². The standard InChI is InChI=1S/C21H16N4O3/c1-28-21(27)15-5-3-7-18(9-15)25-20(26)16-10-19(13-23-12-16)24-17-6-2-4-14(8-17)11-22/h2-10,12-13,24H,1H3,(H,25,26). The van der Waals surface area contributed by atoms with Crippen molar-refractivity contribution in [2.24, 2.45) is 0 Å². The molecule has 1 heterocycles. The van der Waals surface area contributed by atoms with Crippen molar-refractivity contribution in [3.05, 3.63) is 83.7 Å². The van der Waals surface area contributed by atoms with Gasteiger partial charge >= 0.3 is 5.97 Å². The van der Waals surface area contributed by atoms with Crippen LogP contribution in [0.3, 0.4) is 0 Å². The van der Waals surface area contributed by atoms with Gasteiger partial charge < -0.3 is 15.4 Å². The van der Waals surface area contributed by atoms with Gasteiger partial charge in [0.15, 0.2) is 0 Å². The molecule has 0 fully saturated rings. The van der Waals surface area contributed by atoms with E-state index < -0.39 is 5.97 Å². The van der Waals surface area contributed by atoms with Crippen LogP contribution in [-0.4, -0.2) is 24.0 Å². The molecule has 2 N–H and O–H groups in total. The number of nitrogens with one attached hydrogen (secondary N) is 2. The van der Waals surface area contributed by atoms with Crippen molar-refractivity contribution in [1.82, 2.24) is 4.98 Å². The van der Waals surface area contributed by atoms with Gasteiger partial charge in [-0.25, -0.2) is 4.79 Å². The topological polar surface area (TPSA) is 104 Å². The fourth-order valence-corrected chi connectivity index (χ4v) is 2.51. The van der Waals surface area contributed by atoms with Gasteiger partial charge in [-0.3, -0.25) is 9.78 Å². The van der Waals surface area contributed by atoms with Crippen LogP contribution in [0.2, 0.25) is 0 Å². The highest BCUT2D eigenvalue weighted by Crippen LogP contribution is 2.19. The number of methoxy groups -OCH3 is 1. The number of ether oxygens (including phenoxy) is 1. The van der Waals surface area contributed by atoms with Crippen LogP contribution in [-0.2, 0) is 4.74 Å². The fraction of sp³-hybridized carbons (Fsp3) is 0.0476. The average molecular weight is 372 g/mol. The van der Waals surface area contributed by atoms with E-state index in [1.54, 1.807) is 48.7 Å². The molecular formula is C21H16N4O3. The van der Waals surface area contributed by atoms with Gasteiger partial charge in [-0.05, 0) is 42.5 Å². The molecule has 138 valence electrons. The van der Waals surface area contributed by atoms with E-state index in [0.29, 0.717) is 33.8 Å². The monoisotopic (exact) mass is 372 g/mol. The lowest BCUT2D eigenvalue weighted by atomic mass is 10.2. The molecule has 0 aliphatic rings. The van der Waals surface area contributed by atoms with Gasteiger partial charge in [0.1, 0.15) is 0 Å². The molecule has 3 aromatic rings. The van der Waals surface area contributed by atoms with E-state index >= 15 is 0 Å². The van der Waals surface area contributed by atoms with Crippen LogP contribution in [0.1, 0.15) is 26.3 Å². The molecule has 0 unspecified atom stereocenters. The molecule has 0 atom stereocenters. The number of nitrogens with zero attached hydrogens (tertiary/aromatic N) is 2. The predicted octanol–water partition coefficient (Wildman–Crippen LogP) is 3.74. The van der Waals surface area contributed by atoms with Gasteiger partial charge in [-0.15, -0.1) is 0 Å². The van der Waals surface area contributed by atoms with Crippen molar-refractivity contribution >= 4 is 28.9 Å². The molecule has 0 spiro atoms. The first-order valence-electron chi connectivity index (χ1n) is 8.31. The molecule has 1 amide bonds. The molecule has 2 aromatic carbocycles. The first-order chi connectivity index (χ1) is 13.6. The number of carbonyl (C=O) groups excluding carboxylic acids is 2. The first-order valence-corrected chi connectivity index (χ1v) is 8.31. The van der Waals surface area contributed by atoms with E-state index in [1.165, 1.54) is 19.4 Å².